The Morgan fingerprint density at radius 1 is 1.24 bits per heavy atom. The van der Waals surface area contributed by atoms with E-state index in [1.165, 1.54) is 12.1 Å². The van der Waals surface area contributed by atoms with E-state index in [4.69, 9.17) is 0 Å². The number of hydrogen-bond donors (Lipinski definition) is 0. The first kappa shape index (κ1) is 13.7. The van der Waals surface area contributed by atoms with E-state index in [0.717, 1.165) is 25.9 Å². The molecule has 0 aromatic heterocycles. The molecule has 0 saturated heterocycles. The van der Waals surface area contributed by atoms with Gasteiger partial charge in [-0.3, -0.25) is 4.79 Å². The van der Waals surface area contributed by atoms with Crippen LogP contribution in [0.25, 0.3) is 0 Å². The van der Waals surface area contributed by atoms with Gasteiger partial charge in [0.25, 0.3) is 5.91 Å². The van der Waals surface area contributed by atoms with Crippen LogP contribution < -0.4 is 0 Å². The van der Waals surface area contributed by atoms with Crippen molar-refractivity contribution in [1.82, 2.24) is 4.90 Å². The largest absolute Gasteiger partial charge is 0.339 e. The maximum absolute atomic E-state index is 13.0. The summed E-state index contributed by atoms with van der Waals surface area (Å²) in [6.45, 7) is 7.38. The third kappa shape index (κ3) is 3.55. The minimum absolute atomic E-state index is 0.00574. The summed E-state index contributed by atoms with van der Waals surface area (Å²) in [6.07, 6.45) is 1.87. The molecule has 0 unspecified atom stereocenters. The van der Waals surface area contributed by atoms with Crippen molar-refractivity contribution in [2.45, 2.75) is 33.6 Å². The van der Waals surface area contributed by atoms with Crippen LogP contribution in [0.2, 0.25) is 0 Å². The molecule has 0 radical (unpaired) electrons. The Balaban J connectivity index is 2.92. The molecule has 0 fully saturated rings. The predicted octanol–water partition coefficient (Wildman–Crippen LogP) is 3.40. The third-order valence-electron chi connectivity index (χ3n) is 2.69. The third-order valence-corrected chi connectivity index (χ3v) is 2.69. The number of benzene rings is 1. The molecule has 0 spiro atoms. The smallest absolute Gasteiger partial charge is 0.254 e. The van der Waals surface area contributed by atoms with Gasteiger partial charge >= 0.3 is 0 Å². The van der Waals surface area contributed by atoms with Gasteiger partial charge in [-0.15, -0.1) is 0 Å². The van der Waals surface area contributed by atoms with E-state index in [9.17, 15) is 9.18 Å². The Labute approximate surface area is 102 Å². The maximum Gasteiger partial charge on any atom is 0.254 e. The summed E-state index contributed by atoms with van der Waals surface area (Å²) in [7, 11) is 0. The predicted molar refractivity (Wildman–Crippen MR) is 67.6 cm³/mol. The first-order valence-corrected chi connectivity index (χ1v) is 6.15. The molecule has 17 heavy (non-hydrogen) atoms. The Morgan fingerprint density at radius 3 is 2.29 bits per heavy atom. The summed E-state index contributed by atoms with van der Waals surface area (Å²) >= 11 is 0. The van der Waals surface area contributed by atoms with Gasteiger partial charge in [0, 0.05) is 18.7 Å². The lowest BCUT2D eigenvalue weighted by Gasteiger charge is -2.22. The van der Waals surface area contributed by atoms with E-state index in [1.54, 1.807) is 13.0 Å². The van der Waals surface area contributed by atoms with E-state index in [0.29, 0.717) is 11.1 Å². The van der Waals surface area contributed by atoms with Crippen molar-refractivity contribution >= 4 is 5.91 Å². The second-order valence-corrected chi connectivity index (χ2v) is 4.25. The number of carbonyl (C=O) groups is 1. The van der Waals surface area contributed by atoms with Crippen LogP contribution in [0.15, 0.2) is 18.2 Å². The number of hydrogen-bond acceptors (Lipinski definition) is 1. The fourth-order valence-corrected chi connectivity index (χ4v) is 1.89. The maximum atomic E-state index is 13.0. The van der Waals surface area contributed by atoms with Crippen LogP contribution >= 0.6 is 0 Å². The molecule has 3 heteroatoms. The highest BCUT2D eigenvalue weighted by atomic mass is 19.1. The molecule has 1 rings (SSSR count). The number of rotatable bonds is 5. The van der Waals surface area contributed by atoms with Crippen LogP contribution in [0.4, 0.5) is 4.39 Å². The van der Waals surface area contributed by atoms with Crippen LogP contribution in [0.1, 0.15) is 42.6 Å². The van der Waals surface area contributed by atoms with Crippen LogP contribution in [0.3, 0.4) is 0 Å². The van der Waals surface area contributed by atoms with Crippen molar-refractivity contribution in [3.05, 3.63) is 35.1 Å². The Hall–Kier alpha value is -1.38. The highest BCUT2D eigenvalue weighted by molar-refractivity contribution is 5.95. The molecule has 1 aromatic rings. The van der Waals surface area contributed by atoms with Gasteiger partial charge in [-0.25, -0.2) is 4.39 Å². The molecule has 0 aliphatic heterocycles. The summed E-state index contributed by atoms with van der Waals surface area (Å²) in [6, 6.07) is 4.32. The Kier molecular flexibility index (Phi) is 5.13. The first-order valence-electron chi connectivity index (χ1n) is 6.15. The van der Waals surface area contributed by atoms with E-state index < -0.39 is 0 Å². The van der Waals surface area contributed by atoms with Gasteiger partial charge in [-0.2, -0.15) is 0 Å². The summed E-state index contributed by atoms with van der Waals surface area (Å²) in [4.78, 5) is 14.1. The average Bonchev–Trinajstić information content (AvgIpc) is 2.28. The Morgan fingerprint density at radius 2 is 1.82 bits per heavy atom. The van der Waals surface area contributed by atoms with Crippen molar-refractivity contribution in [3.63, 3.8) is 0 Å². The molecule has 0 bridgehead atoms. The lowest BCUT2D eigenvalue weighted by Crippen LogP contribution is -2.32. The van der Waals surface area contributed by atoms with E-state index in [1.807, 2.05) is 18.7 Å². The zero-order valence-electron chi connectivity index (χ0n) is 10.8. The van der Waals surface area contributed by atoms with Gasteiger partial charge in [-0.1, -0.05) is 13.8 Å². The van der Waals surface area contributed by atoms with Crippen molar-refractivity contribution < 1.29 is 9.18 Å². The van der Waals surface area contributed by atoms with Crippen LogP contribution in [-0.2, 0) is 0 Å². The lowest BCUT2D eigenvalue weighted by atomic mass is 10.1. The Bertz CT molecular complexity index is 384. The average molecular weight is 237 g/mol. The van der Waals surface area contributed by atoms with Crippen molar-refractivity contribution in [1.29, 1.82) is 0 Å². The molecule has 1 aromatic carbocycles. The van der Waals surface area contributed by atoms with Crippen molar-refractivity contribution in [2.75, 3.05) is 13.1 Å². The summed E-state index contributed by atoms with van der Waals surface area (Å²) < 4.78 is 13.0. The molecule has 2 nitrogen and oxygen atoms in total. The zero-order valence-corrected chi connectivity index (χ0v) is 10.8. The van der Waals surface area contributed by atoms with Gasteiger partial charge in [0.05, 0.1) is 0 Å². The number of amides is 1. The number of nitrogens with zero attached hydrogens (tertiary/aromatic N) is 1. The lowest BCUT2D eigenvalue weighted by molar-refractivity contribution is 0.0755. The zero-order chi connectivity index (χ0) is 12.8. The van der Waals surface area contributed by atoms with E-state index >= 15 is 0 Å². The fourth-order valence-electron chi connectivity index (χ4n) is 1.89. The number of aryl methyl sites for hydroxylation is 1. The SMILES string of the molecule is CCCN(CCC)C(=O)c1ccc(F)cc1C. The molecule has 1 amide bonds. The highest BCUT2D eigenvalue weighted by Crippen LogP contribution is 2.13. The minimum Gasteiger partial charge on any atom is -0.339 e. The molecule has 94 valence electrons. The molecule has 0 saturated carbocycles. The highest BCUT2D eigenvalue weighted by Gasteiger charge is 2.16. The first-order chi connectivity index (χ1) is 8.10. The summed E-state index contributed by atoms with van der Waals surface area (Å²) in [5.74, 6) is -0.289. The van der Waals surface area contributed by atoms with E-state index in [-0.39, 0.29) is 11.7 Å². The molecule has 0 heterocycles. The van der Waals surface area contributed by atoms with Crippen LogP contribution in [-0.4, -0.2) is 23.9 Å². The van der Waals surface area contributed by atoms with Gasteiger partial charge in [0.1, 0.15) is 5.82 Å². The van der Waals surface area contributed by atoms with Gasteiger partial charge in [-0.05, 0) is 43.5 Å². The normalized spacial score (nSPS) is 10.4. The molecule has 0 atom stereocenters. The fraction of sp³-hybridized carbons (Fsp3) is 0.500. The monoisotopic (exact) mass is 237 g/mol. The van der Waals surface area contributed by atoms with Gasteiger partial charge in [0.15, 0.2) is 0 Å². The van der Waals surface area contributed by atoms with Gasteiger partial charge in [0.2, 0.25) is 0 Å². The molecular formula is C14H20FNO. The second-order valence-electron chi connectivity index (χ2n) is 4.25. The second kappa shape index (κ2) is 6.38. The van der Waals surface area contributed by atoms with Crippen molar-refractivity contribution in [2.24, 2.45) is 0 Å². The number of halogens is 1. The van der Waals surface area contributed by atoms with Crippen molar-refractivity contribution in [3.8, 4) is 0 Å². The minimum atomic E-state index is -0.295. The van der Waals surface area contributed by atoms with Crippen LogP contribution in [0.5, 0.6) is 0 Å². The van der Waals surface area contributed by atoms with E-state index in [2.05, 4.69) is 0 Å². The topological polar surface area (TPSA) is 20.3 Å². The summed E-state index contributed by atoms with van der Waals surface area (Å²) in [5.41, 5.74) is 1.31. The molecule has 0 aliphatic rings. The molecule has 0 N–H and O–H groups in total. The summed E-state index contributed by atoms with van der Waals surface area (Å²) in [5, 5.41) is 0. The molecule has 0 aliphatic carbocycles. The van der Waals surface area contributed by atoms with Crippen LogP contribution in [0, 0.1) is 12.7 Å². The number of carbonyl (C=O) groups excluding carboxylic acids is 1. The quantitative estimate of drug-likeness (QED) is 0.768. The standard InChI is InChI=1S/C14H20FNO/c1-4-8-16(9-5-2)14(17)13-7-6-12(15)10-11(13)3/h6-7,10H,4-5,8-9H2,1-3H3. The molecular weight excluding hydrogens is 217 g/mol. The van der Waals surface area contributed by atoms with Gasteiger partial charge < -0.3 is 4.90 Å².